The van der Waals surface area contributed by atoms with Crippen molar-refractivity contribution in [2.75, 3.05) is 13.2 Å². The van der Waals surface area contributed by atoms with Gasteiger partial charge in [-0.15, -0.1) is 0 Å². The standard InChI is InChI=1S/C56H111NO5/c1-3-5-7-9-11-13-15-17-19-20-21-22-23-24-25-28-32-36-40-44-48-54(59)53(52-58)57-55(60)49-45-41-37-33-29-27-31-35-39-43-47-51-62-56(61)50-46-42-38-34-30-26-18-16-14-12-10-8-6-4-2/h53-54,58-59H,3-52H2,1-2H3,(H,57,60). The van der Waals surface area contributed by atoms with Gasteiger partial charge in [-0.3, -0.25) is 9.59 Å². The van der Waals surface area contributed by atoms with Crippen LogP contribution in [0.2, 0.25) is 0 Å². The molecule has 0 aliphatic carbocycles. The molecule has 6 nitrogen and oxygen atoms in total. The molecule has 3 N–H and O–H groups in total. The van der Waals surface area contributed by atoms with Crippen molar-refractivity contribution in [2.45, 2.75) is 334 Å². The lowest BCUT2D eigenvalue weighted by molar-refractivity contribution is -0.143. The SMILES string of the molecule is CCCCCCCCCCCCCCCCCCCCCCC(O)C(CO)NC(=O)CCCCCCCCCCCCCOC(=O)CCCCCCCCCCCCCCCC. The molecule has 2 unspecified atom stereocenters. The maximum atomic E-state index is 12.5. The van der Waals surface area contributed by atoms with Gasteiger partial charge < -0.3 is 20.3 Å². The van der Waals surface area contributed by atoms with E-state index >= 15 is 0 Å². The summed E-state index contributed by atoms with van der Waals surface area (Å²) in [6, 6.07) is -0.554. The molecule has 0 spiro atoms. The molecule has 0 aliphatic heterocycles. The number of aliphatic hydroxyl groups excluding tert-OH is 2. The molecule has 0 fully saturated rings. The Morgan fingerprint density at radius 1 is 0.387 bits per heavy atom. The Morgan fingerprint density at radius 3 is 0.984 bits per heavy atom. The molecule has 6 heteroatoms. The fourth-order valence-corrected chi connectivity index (χ4v) is 9.05. The van der Waals surface area contributed by atoms with Crippen LogP contribution in [0.5, 0.6) is 0 Å². The molecule has 0 aromatic rings. The van der Waals surface area contributed by atoms with Crippen LogP contribution in [0.1, 0.15) is 322 Å². The first-order valence-electron chi connectivity index (χ1n) is 28.3. The second-order valence-corrected chi connectivity index (χ2v) is 19.6. The third kappa shape index (κ3) is 48.3. The number of unbranched alkanes of at least 4 members (excludes halogenated alkanes) is 42. The first kappa shape index (κ1) is 60.9. The summed E-state index contributed by atoms with van der Waals surface area (Å²) in [6.07, 6.45) is 59.4. The quantitative estimate of drug-likeness (QED) is 0.0418. The molecule has 0 heterocycles. The molecule has 0 radical (unpaired) electrons. The van der Waals surface area contributed by atoms with Crippen molar-refractivity contribution >= 4 is 11.9 Å². The molecule has 370 valence electrons. The fraction of sp³-hybridized carbons (Fsp3) is 0.964. The lowest BCUT2D eigenvalue weighted by Gasteiger charge is -2.22. The zero-order valence-corrected chi connectivity index (χ0v) is 42.1. The molecule has 0 saturated carbocycles. The Morgan fingerprint density at radius 2 is 0.661 bits per heavy atom. The lowest BCUT2D eigenvalue weighted by Crippen LogP contribution is -2.45. The third-order valence-electron chi connectivity index (χ3n) is 13.4. The number of esters is 1. The predicted octanol–water partition coefficient (Wildman–Crippen LogP) is 17.1. The minimum absolute atomic E-state index is 0.0100. The number of aliphatic hydroxyl groups is 2. The Kier molecular flexibility index (Phi) is 51.5. The Labute approximate surface area is 387 Å². The van der Waals surface area contributed by atoms with E-state index in [4.69, 9.17) is 4.74 Å². The van der Waals surface area contributed by atoms with Gasteiger partial charge in [-0.05, 0) is 25.7 Å². The summed E-state index contributed by atoms with van der Waals surface area (Å²) < 4.78 is 5.46. The van der Waals surface area contributed by atoms with Crippen LogP contribution in [0.15, 0.2) is 0 Å². The van der Waals surface area contributed by atoms with Gasteiger partial charge in [0.2, 0.25) is 5.91 Å². The highest BCUT2D eigenvalue weighted by Gasteiger charge is 2.20. The minimum Gasteiger partial charge on any atom is -0.466 e. The van der Waals surface area contributed by atoms with Crippen molar-refractivity contribution in [3.05, 3.63) is 0 Å². The van der Waals surface area contributed by atoms with E-state index in [1.807, 2.05) is 0 Å². The number of nitrogens with one attached hydrogen (secondary N) is 1. The van der Waals surface area contributed by atoms with Gasteiger partial charge in [-0.2, -0.15) is 0 Å². The molecule has 0 aliphatic rings. The van der Waals surface area contributed by atoms with Gasteiger partial charge in [0.25, 0.3) is 0 Å². The monoisotopic (exact) mass is 878 g/mol. The topological polar surface area (TPSA) is 95.9 Å². The number of hydrogen-bond donors (Lipinski definition) is 3. The molecule has 62 heavy (non-hydrogen) atoms. The largest absolute Gasteiger partial charge is 0.466 e. The molecular weight excluding hydrogens is 767 g/mol. The maximum Gasteiger partial charge on any atom is 0.305 e. The predicted molar refractivity (Wildman–Crippen MR) is 269 cm³/mol. The van der Waals surface area contributed by atoms with E-state index in [1.54, 1.807) is 0 Å². The van der Waals surface area contributed by atoms with Gasteiger partial charge in [-0.1, -0.05) is 284 Å². The van der Waals surface area contributed by atoms with Crippen LogP contribution in [0.3, 0.4) is 0 Å². The smallest absolute Gasteiger partial charge is 0.305 e. The van der Waals surface area contributed by atoms with Crippen molar-refractivity contribution in [1.82, 2.24) is 5.32 Å². The molecule has 0 rings (SSSR count). The summed E-state index contributed by atoms with van der Waals surface area (Å²) in [7, 11) is 0. The van der Waals surface area contributed by atoms with E-state index in [-0.39, 0.29) is 18.5 Å². The summed E-state index contributed by atoms with van der Waals surface area (Å²) in [5.41, 5.74) is 0. The van der Waals surface area contributed by atoms with E-state index in [0.29, 0.717) is 25.9 Å². The third-order valence-corrected chi connectivity index (χ3v) is 13.4. The fourth-order valence-electron chi connectivity index (χ4n) is 9.05. The Bertz CT molecular complexity index is 882. The van der Waals surface area contributed by atoms with E-state index in [1.165, 1.54) is 231 Å². The number of ether oxygens (including phenoxy) is 1. The highest BCUT2D eigenvalue weighted by molar-refractivity contribution is 5.76. The number of rotatable bonds is 53. The molecule has 2 atom stereocenters. The second-order valence-electron chi connectivity index (χ2n) is 19.6. The number of hydrogen-bond acceptors (Lipinski definition) is 5. The Hall–Kier alpha value is -1.14. The second kappa shape index (κ2) is 52.5. The highest BCUT2D eigenvalue weighted by atomic mass is 16.5. The van der Waals surface area contributed by atoms with Crippen LogP contribution in [0, 0.1) is 0 Å². The van der Waals surface area contributed by atoms with E-state index in [0.717, 1.165) is 57.8 Å². The summed E-state index contributed by atoms with van der Waals surface area (Å²) >= 11 is 0. The van der Waals surface area contributed by atoms with Crippen LogP contribution in [-0.2, 0) is 14.3 Å². The number of carbonyl (C=O) groups excluding carboxylic acids is 2. The number of amides is 1. The molecule has 0 aromatic heterocycles. The average molecular weight is 879 g/mol. The molecule has 0 bridgehead atoms. The van der Waals surface area contributed by atoms with Crippen LogP contribution in [0.25, 0.3) is 0 Å². The first-order valence-corrected chi connectivity index (χ1v) is 28.3. The highest BCUT2D eigenvalue weighted by Crippen LogP contribution is 2.18. The zero-order valence-electron chi connectivity index (χ0n) is 42.1. The molecule has 0 aromatic carbocycles. The normalized spacial score (nSPS) is 12.5. The van der Waals surface area contributed by atoms with E-state index in [9.17, 15) is 19.8 Å². The van der Waals surface area contributed by atoms with Gasteiger partial charge in [0, 0.05) is 12.8 Å². The summed E-state index contributed by atoms with van der Waals surface area (Å²) in [5.74, 6) is -0.0597. The van der Waals surface area contributed by atoms with Crippen molar-refractivity contribution in [1.29, 1.82) is 0 Å². The molecular formula is C56H111NO5. The van der Waals surface area contributed by atoms with Gasteiger partial charge in [0.05, 0.1) is 25.4 Å². The van der Waals surface area contributed by atoms with Crippen molar-refractivity contribution < 1.29 is 24.5 Å². The minimum atomic E-state index is -0.675. The average Bonchev–Trinajstić information content (AvgIpc) is 3.27. The first-order chi connectivity index (χ1) is 30.5. The Balaban J connectivity index is 3.45. The van der Waals surface area contributed by atoms with Crippen LogP contribution >= 0.6 is 0 Å². The van der Waals surface area contributed by atoms with Gasteiger partial charge in [0.15, 0.2) is 0 Å². The molecule has 1 amide bonds. The van der Waals surface area contributed by atoms with Crippen LogP contribution < -0.4 is 5.32 Å². The van der Waals surface area contributed by atoms with Crippen LogP contribution in [0.4, 0.5) is 0 Å². The van der Waals surface area contributed by atoms with E-state index < -0.39 is 12.1 Å². The van der Waals surface area contributed by atoms with Crippen molar-refractivity contribution in [3.63, 3.8) is 0 Å². The van der Waals surface area contributed by atoms with E-state index in [2.05, 4.69) is 19.2 Å². The van der Waals surface area contributed by atoms with Crippen LogP contribution in [-0.4, -0.2) is 47.4 Å². The summed E-state index contributed by atoms with van der Waals surface area (Å²) in [6.45, 7) is 4.94. The zero-order chi connectivity index (χ0) is 45.1. The van der Waals surface area contributed by atoms with Crippen molar-refractivity contribution in [2.24, 2.45) is 0 Å². The maximum absolute atomic E-state index is 12.5. The van der Waals surface area contributed by atoms with Gasteiger partial charge >= 0.3 is 5.97 Å². The summed E-state index contributed by atoms with van der Waals surface area (Å²) in [4.78, 5) is 24.5. The summed E-state index contributed by atoms with van der Waals surface area (Å²) in [5, 5.41) is 23.3. The van der Waals surface area contributed by atoms with Gasteiger partial charge in [0.1, 0.15) is 0 Å². The van der Waals surface area contributed by atoms with Crippen molar-refractivity contribution in [3.8, 4) is 0 Å². The number of carbonyl (C=O) groups is 2. The lowest BCUT2D eigenvalue weighted by atomic mass is 10.0. The van der Waals surface area contributed by atoms with Gasteiger partial charge in [-0.25, -0.2) is 0 Å². The molecule has 0 saturated heterocycles.